The summed E-state index contributed by atoms with van der Waals surface area (Å²) < 4.78 is 24.5. The number of halogens is 1. The van der Waals surface area contributed by atoms with Gasteiger partial charge in [0, 0.05) is 0 Å². The van der Waals surface area contributed by atoms with Crippen LogP contribution in [0.25, 0.3) is 0 Å². The maximum Gasteiger partial charge on any atom is 0.186 e. The summed E-state index contributed by atoms with van der Waals surface area (Å²) >= 11 is 3.79. The Balaban J connectivity index is 2.98. The molecule has 0 bridgehead atoms. The summed E-state index contributed by atoms with van der Waals surface area (Å²) in [5.41, 5.74) is 0. The van der Waals surface area contributed by atoms with Crippen molar-refractivity contribution < 1.29 is 13.5 Å². The van der Waals surface area contributed by atoms with Crippen LogP contribution in [0.4, 0.5) is 0 Å². The lowest BCUT2D eigenvalue weighted by atomic mass is 10.3. The average molecular weight is 221 g/mol. The predicted octanol–water partition coefficient (Wildman–Crippen LogP) is 2.32. The smallest absolute Gasteiger partial charge is 0.186 e. The molecule has 1 atom stereocenters. The molecule has 0 saturated heterocycles. The fourth-order valence-corrected chi connectivity index (χ4v) is 1.57. The van der Waals surface area contributed by atoms with E-state index in [4.69, 9.17) is 20.9 Å². The van der Waals surface area contributed by atoms with Crippen LogP contribution in [0.2, 0.25) is 5.02 Å². The summed E-state index contributed by atoms with van der Waals surface area (Å²) in [6.45, 7) is 2.36. The third-order valence-corrected chi connectivity index (χ3v) is 2.36. The third kappa shape index (κ3) is 2.69. The van der Waals surface area contributed by atoms with Gasteiger partial charge in [0.1, 0.15) is 5.75 Å². The van der Waals surface area contributed by atoms with Gasteiger partial charge >= 0.3 is 0 Å². The van der Waals surface area contributed by atoms with Crippen LogP contribution in [-0.2, 0) is 11.1 Å². The van der Waals surface area contributed by atoms with E-state index in [-0.39, 0.29) is 4.90 Å². The highest BCUT2D eigenvalue weighted by atomic mass is 35.5. The normalized spacial score (nSPS) is 12.5. The molecule has 3 nitrogen and oxygen atoms in total. The van der Waals surface area contributed by atoms with Crippen LogP contribution in [0.1, 0.15) is 6.92 Å². The van der Waals surface area contributed by atoms with E-state index in [0.29, 0.717) is 17.4 Å². The number of hydrogen-bond acceptors (Lipinski definition) is 2. The van der Waals surface area contributed by atoms with Gasteiger partial charge in [-0.1, -0.05) is 11.6 Å². The first-order chi connectivity index (χ1) is 6.15. The molecule has 0 heterocycles. The lowest BCUT2D eigenvalue weighted by Gasteiger charge is -2.05. The lowest BCUT2D eigenvalue weighted by Crippen LogP contribution is -1.94. The van der Waals surface area contributed by atoms with Gasteiger partial charge in [-0.25, -0.2) is 4.21 Å². The minimum Gasteiger partial charge on any atom is -0.492 e. The molecule has 1 aromatic carbocycles. The van der Waals surface area contributed by atoms with E-state index in [2.05, 4.69) is 0 Å². The van der Waals surface area contributed by atoms with E-state index in [1.54, 1.807) is 6.07 Å². The van der Waals surface area contributed by atoms with E-state index in [1.165, 1.54) is 12.1 Å². The molecule has 0 aromatic heterocycles. The van der Waals surface area contributed by atoms with Gasteiger partial charge in [0.2, 0.25) is 0 Å². The van der Waals surface area contributed by atoms with Gasteiger partial charge in [-0.05, 0) is 25.1 Å². The standard InChI is InChI=1S/C8H9ClO3S/c1-2-12-8-4-3-6(13(10)11)5-7(8)9/h3-5H,2H2,1H3,(H,10,11). The topological polar surface area (TPSA) is 46.5 Å². The number of rotatable bonds is 3. The Bertz CT molecular complexity index is 327. The van der Waals surface area contributed by atoms with E-state index in [9.17, 15) is 4.21 Å². The number of hydrogen-bond donors (Lipinski definition) is 1. The largest absolute Gasteiger partial charge is 0.492 e. The Morgan fingerprint density at radius 3 is 2.77 bits per heavy atom. The van der Waals surface area contributed by atoms with Crippen LogP contribution in [0.5, 0.6) is 5.75 Å². The molecule has 1 aromatic rings. The summed E-state index contributed by atoms with van der Waals surface area (Å²) in [6.07, 6.45) is 0. The van der Waals surface area contributed by atoms with Crippen molar-refractivity contribution in [3.63, 3.8) is 0 Å². The fraction of sp³-hybridized carbons (Fsp3) is 0.250. The molecule has 1 rings (SSSR count). The van der Waals surface area contributed by atoms with E-state index in [0.717, 1.165) is 0 Å². The Morgan fingerprint density at radius 2 is 2.31 bits per heavy atom. The molecular formula is C8H9ClO3S. The van der Waals surface area contributed by atoms with Crippen molar-refractivity contribution in [1.29, 1.82) is 0 Å². The first-order valence-electron chi connectivity index (χ1n) is 3.68. The molecule has 13 heavy (non-hydrogen) atoms. The van der Waals surface area contributed by atoms with Crippen LogP contribution in [0.3, 0.4) is 0 Å². The summed E-state index contributed by atoms with van der Waals surface area (Å²) in [7, 11) is 0. The molecule has 0 amide bonds. The summed E-state index contributed by atoms with van der Waals surface area (Å²) in [5, 5.41) is 0.349. The molecule has 5 heteroatoms. The highest BCUT2D eigenvalue weighted by Crippen LogP contribution is 2.26. The van der Waals surface area contributed by atoms with Crippen LogP contribution in [0.15, 0.2) is 23.1 Å². The maximum atomic E-state index is 10.6. The molecule has 1 unspecified atom stereocenters. The first-order valence-corrected chi connectivity index (χ1v) is 5.16. The third-order valence-electron chi connectivity index (χ3n) is 1.40. The second-order valence-electron chi connectivity index (χ2n) is 2.27. The van der Waals surface area contributed by atoms with Crippen LogP contribution >= 0.6 is 11.6 Å². The first kappa shape index (κ1) is 10.5. The van der Waals surface area contributed by atoms with Gasteiger partial charge in [-0.15, -0.1) is 0 Å². The quantitative estimate of drug-likeness (QED) is 0.796. The molecule has 0 aliphatic heterocycles. The number of benzene rings is 1. The summed E-state index contributed by atoms with van der Waals surface area (Å²) in [5.74, 6) is 0.526. The van der Waals surface area contributed by atoms with Crippen LogP contribution in [-0.4, -0.2) is 15.4 Å². The summed E-state index contributed by atoms with van der Waals surface area (Å²) in [6, 6.07) is 4.50. The predicted molar refractivity (Wildman–Crippen MR) is 51.7 cm³/mol. The highest BCUT2D eigenvalue weighted by Gasteiger charge is 2.05. The molecule has 0 aliphatic rings. The van der Waals surface area contributed by atoms with Gasteiger partial charge in [0.15, 0.2) is 11.1 Å². The van der Waals surface area contributed by atoms with Crippen LogP contribution < -0.4 is 4.74 Å². The lowest BCUT2D eigenvalue weighted by molar-refractivity contribution is 0.340. The fourth-order valence-electron chi connectivity index (χ4n) is 0.863. The Labute approximate surface area is 84.0 Å². The molecule has 1 N–H and O–H groups in total. The van der Waals surface area contributed by atoms with E-state index in [1.807, 2.05) is 6.92 Å². The van der Waals surface area contributed by atoms with Crippen molar-refractivity contribution in [2.45, 2.75) is 11.8 Å². The van der Waals surface area contributed by atoms with Gasteiger partial charge in [0.05, 0.1) is 16.5 Å². The summed E-state index contributed by atoms with van der Waals surface area (Å²) in [4.78, 5) is 0.272. The number of ether oxygens (including phenoxy) is 1. The van der Waals surface area contributed by atoms with Crippen molar-refractivity contribution in [2.24, 2.45) is 0 Å². The average Bonchev–Trinajstić information content (AvgIpc) is 2.08. The Morgan fingerprint density at radius 1 is 1.62 bits per heavy atom. The zero-order valence-corrected chi connectivity index (χ0v) is 8.56. The highest BCUT2D eigenvalue weighted by molar-refractivity contribution is 7.79. The monoisotopic (exact) mass is 220 g/mol. The van der Waals surface area contributed by atoms with Crippen molar-refractivity contribution in [2.75, 3.05) is 6.61 Å². The van der Waals surface area contributed by atoms with Crippen molar-refractivity contribution in [3.05, 3.63) is 23.2 Å². The van der Waals surface area contributed by atoms with E-state index >= 15 is 0 Å². The Hall–Kier alpha value is -0.580. The molecule has 0 radical (unpaired) electrons. The molecule has 0 fully saturated rings. The van der Waals surface area contributed by atoms with E-state index < -0.39 is 11.1 Å². The van der Waals surface area contributed by atoms with Gasteiger partial charge in [0.25, 0.3) is 0 Å². The molecule has 72 valence electrons. The van der Waals surface area contributed by atoms with Gasteiger partial charge in [-0.2, -0.15) is 0 Å². The van der Waals surface area contributed by atoms with Crippen molar-refractivity contribution in [1.82, 2.24) is 0 Å². The van der Waals surface area contributed by atoms with Gasteiger partial charge < -0.3 is 9.29 Å². The maximum absolute atomic E-state index is 10.6. The zero-order valence-electron chi connectivity index (χ0n) is 6.99. The molecule has 0 spiro atoms. The molecule has 0 saturated carbocycles. The van der Waals surface area contributed by atoms with Crippen LogP contribution in [0, 0.1) is 0 Å². The van der Waals surface area contributed by atoms with Crippen molar-refractivity contribution >= 4 is 22.7 Å². The second-order valence-corrected chi connectivity index (χ2v) is 3.65. The second kappa shape index (κ2) is 4.60. The minimum absolute atomic E-state index is 0.272. The van der Waals surface area contributed by atoms with Gasteiger partial charge in [-0.3, -0.25) is 0 Å². The SMILES string of the molecule is CCOc1ccc(S(=O)O)cc1Cl. The Kier molecular flexibility index (Phi) is 3.71. The molecular weight excluding hydrogens is 212 g/mol. The van der Waals surface area contributed by atoms with Crippen molar-refractivity contribution in [3.8, 4) is 5.75 Å². The minimum atomic E-state index is -1.99. The molecule has 0 aliphatic carbocycles. The zero-order chi connectivity index (χ0) is 9.84.